The van der Waals surface area contributed by atoms with Crippen LogP contribution in [-0.4, -0.2) is 25.2 Å². The van der Waals surface area contributed by atoms with Crippen molar-refractivity contribution in [1.29, 1.82) is 0 Å². The van der Waals surface area contributed by atoms with Crippen molar-refractivity contribution in [3.05, 3.63) is 66.2 Å². The Morgan fingerprint density at radius 3 is 2.36 bits per heavy atom. The van der Waals surface area contributed by atoms with E-state index in [0.717, 1.165) is 16.3 Å². The molecular formula is C22H22N2O4. The van der Waals surface area contributed by atoms with E-state index < -0.39 is 6.09 Å². The molecule has 0 heterocycles. The van der Waals surface area contributed by atoms with Crippen LogP contribution >= 0.6 is 0 Å². The van der Waals surface area contributed by atoms with E-state index in [9.17, 15) is 9.59 Å². The quantitative estimate of drug-likeness (QED) is 0.650. The van der Waals surface area contributed by atoms with E-state index in [1.807, 2.05) is 42.5 Å². The maximum atomic E-state index is 12.3. The highest BCUT2D eigenvalue weighted by Gasteiger charge is 2.11. The number of fused-ring (bicyclic) bond motifs is 1. The van der Waals surface area contributed by atoms with Crippen LogP contribution in [0, 0.1) is 6.92 Å². The molecule has 144 valence electrons. The van der Waals surface area contributed by atoms with Crippen molar-refractivity contribution in [3.8, 4) is 5.75 Å². The summed E-state index contributed by atoms with van der Waals surface area (Å²) in [6.07, 6.45) is -0.534. The van der Waals surface area contributed by atoms with Gasteiger partial charge in [-0.25, -0.2) is 4.79 Å². The van der Waals surface area contributed by atoms with Gasteiger partial charge in [-0.15, -0.1) is 0 Å². The molecule has 2 amide bonds. The van der Waals surface area contributed by atoms with Gasteiger partial charge in [0.05, 0.1) is 6.61 Å². The number of anilines is 2. The summed E-state index contributed by atoms with van der Waals surface area (Å²) in [6, 6.07) is 18.9. The molecule has 0 saturated carbocycles. The highest BCUT2D eigenvalue weighted by molar-refractivity contribution is 5.95. The first-order valence-electron chi connectivity index (χ1n) is 9.01. The Kier molecular flexibility index (Phi) is 6.11. The molecule has 3 aromatic carbocycles. The zero-order valence-corrected chi connectivity index (χ0v) is 15.8. The Balaban J connectivity index is 1.61. The standard InChI is InChI=1S/C22H22N2O4/c1-3-27-22(26)24-20-10-6-9-19(15(20)2)23-21(25)14-28-18-12-11-16-7-4-5-8-17(16)13-18/h4-13H,3,14H2,1-2H3,(H,23,25)(H,24,26). The first kappa shape index (κ1) is 19.2. The molecule has 3 rings (SSSR count). The number of rotatable bonds is 6. The van der Waals surface area contributed by atoms with Gasteiger partial charge in [0.1, 0.15) is 5.75 Å². The molecule has 0 bridgehead atoms. The number of hydrogen-bond acceptors (Lipinski definition) is 4. The smallest absolute Gasteiger partial charge is 0.411 e. The molecule has 0 spiro atoms. The molecule has 0 aliphatic heterocycles. The summed E-state index contributed by atoms with van der Waals surface area (Å²) in [5, 5.41) is 7.63. The van der Waals surface area contributed by atoms with Gasteiger partial charge in [0.25, 0.3) is 5.91 Å². The lowest BCUT2D eigenvalue weighted by atomic mass is 10.1. The van der Waals surface area contributed by atoms with Gasteiger partial charge in [-0.1, -0.05) is 36.4 Å². The van der Waals surface area contributed by atoms with Crippen molar-refractivity contribution in [2.24, 2.45) is 0 Å². The normalized spacial score (nSPS) is 10.4. The fraction of sp³-hybridized carbons (Fsp3) is 0.182. The summed E-state index contributed by atoms with van der Waals surface area (Å²) in [4.78, 5) is 23.9. The topological polar surface area (TPSA) is 76.7 Å². The highest BCUT2D eigenvalue weighted by Crippen LogP contribution is 2.24. The van der Waals surface area contributed by atoms with Crippen LogP contribution in [-0.2, 0) is 9.53 Å². The van der Waals surface area contributed by atoms with E-state index in [4.69, 9.17) is 9.47 Å². The average Bonchev–Trinajstić information content (AvgIpc) is 2.69. The van der Waals surface area contributed by atoms with Crippen LogP contribution in [0.15, 0.2) is 60.7 Å². The molecule has 0 fully saturated rings. The van der Waals surface area contributed by atoms with E-state index in [1.54, 1.807) is 32.0 Å². The maximum absolute atomic E-state index is 12.3. The lowest BCUT2D eigenvalue weighted by molar-refractivity contribution is -0.118. The van der Waals surface area contributed by atoms with Crippen LogP contribution in [0.25, 0.3) is 10.8 Å². The summed E-state index contributed by atoms with van der Waals surface area (Å²) < 4.78 is 10.5. The number of nitrogens with one attached hydrogen (secondary N) is 2. The largest absolute Gasteiger partial charge is 0.484 e. The molecule has 0 aliphatic rings. The minimum atomic E-state index is -0.534. The molecule has 0 radical (unpaired) electrons. The number of amides is 2. The van der Waals surface area contributed by atoms with E-state index in [0.29, 0.717) is 17.1 Å². The van der Waals surface area contributed by atoms with Crippen molar-refractivity contribution in [2.45, 2.75) is 13.8 Å². The van der Waals surface area contributed by atoms with Gasteiger partial charge in [0, 0.05) is 11.4 Å². The lowest BCUT2D eigenvalue weighted by Crippen LogP contribution is -2.21. The number of benzene rings is 3. The van der Waals surface area contributed by atoms with Gasteiger partial charge >= 0.3 is 6.09 Å². The Morgan fingerprint density at radius 1 is 0.893 bits per heavy atom. The monoisotopic (exact) mass is 378 g/mol. The summed E-state index contributed by atoms with van der Waals surface area (Å²) in [7, 11) is 0. The second-order valence-electron chi connectivity index (χ2n) is 6.17. The van der Waals surface area contributed by atoms with E-state index in [2.05, 4.69) is 10.6 Å². The molecule has 0 aliphatic carbocycles. The van der Waals surface area contributed by atoms with Crippen LogP contribution in [0.1, 0.15) is 12.5 Å². The molecular weight excluding hydrogens is 356 g/mol. The van der Waals surface area contributed by atoms with Crippen molar-refractivity contribution < 1.29 is 19.1 Å². The first-order valence-corrected chi connectivity index (χ1v) is 9.01. The minimum absolute atomic E-state index is 0.118. The Morgan fingerprint density at radius 2 is 1.61 bits per heavy atom. The van der Waals surface area contributed by atoms with Gasteiger partial charge in [-0.05, 0) is 54.4 Å². The van der Waals surface area contributed by atoms with Gasteiger partial charge in [-0.3, -0.25) is 10.1 Å². The highest BCUT2D eigenvalue weighted by atomic mass is 16.5. The zero-order chi connectivity index (χ0) is 19.9. The van der Waals surface area contributed by atoms with E-state index in [-0.39, 0.29) is 19.1 Å². The van der Waals surface area contributed by atoms with Gasteiger partial charge in [0.15, 0.2) is 6.61 Å². The summed E-state index contributed by atoms with van der Waals surface area (Å²) in [6.45, 7) is 3.71. The zero-order valence-electron chi connectivity index (χ0n) is 15.8. The fourth-order valence-corrected chi connectivity index (χ4v) is 2.78. The summed E-state index contributed by atoms with van der Waals surface area (Å²) in [5.41, 5.74) is 1.91. The number of hydrogen-bond donors (Lipinski definition) is 2. The van der Waals surface area contributed by atoms with Crippen molar-refractivity contribution in [1.82, 2.24) is 0 Å². The molecule has 0 saturated heterocycles. The lowest BCUT2D eigenvalue weighted by Gasteiger charge is -2.14. The van der Waals surface area contributed by atoms with Crippen LogP contribution in [0.3, 0.4) is 0 Å². The van der Waals surface area contributed by atoms with Crippen LogP contribution in [0.2, 0.25) is 0 Å². The maximum Gasteiger partial charge on any atom is 0.411 e. The Hall–Kier alpha value is -3.54. The van der Waals surface area contributed by atoms with Gasteiger partial charge in [-0.2, -0.15) is 0 Å². The third-order valence-corrected chi connectivity index (χ3v) is 4.21. The van der Waals surface area contributed by atoms with Crippen LogP contribution < -0.4 is 15.4 Å². The van der Waals surface area contributed by atoms with Crippen LogP contribution in [0.4, 0.5) is 16.2 Å². The fourth-order valence-electron chi connectivity index (χ4n) is 2.78. The van der Waals surface area contributed by atoms with Crippen molar-refractivity contribution >= 4 is 34.1 Å². The van der Waals surface area contributed by atoms with E-state index >= 15 is 0 Å². The van der Waals surface area contributed by atoms with E-state index in [1.165, 1.54) is 0 Å². The first-order chi connectivity index (χ1) is 13.6. The second-order valence-corrected chi connectivity index (χ2v) is 6.17. The Labute approximate surface area is 163 Å². The summed E-state index contributed by atoms with van der Waals surface area (Å²) in [5.74, 6) is 0.341. The summed E-state index contributed by atoms with van der Waals surface area (Å²) >= 11 is 0. The number of carbonyl (C=O) groups is 2. The van der Waals surface area contributed by atoms with Crippen LogP contribution in [0.5, 0.6) is 5.75 Å². The molecule has 0 aromatic heterocycles. The number of ether oxygens (including phenoxy) is 2. The SMILES string of the molecule is CCOC(=O)Nc1cccc(NC(=O)COc2ccc3ccccc3c2)c1C. The van der Waals surface area contributed by atoms with Gasteiger partial charge in [0.2, 0.25) is 0 Å². The van der Waals surface area contributed by atoms with Gasteiger partial charge < -0.3 is 14.8 Å². The molecule has 0 atom stereocenters. The molecule has 3 aromatic rings. The average molecular weight is 378 g/mol. The Bertz CT molecular complexity index is 1000. The predicted octanol–water partition coefficient (Wildman–Crippen LogP) is 4.73. The third-order valence-electron chi connectivity index (χ3n) is 4.21. The molecule has 2 N–H and O–H groups in total. The molecule has 28 heavy (non-hydrogen) atoms. The van der Waals surface area contributed by atoms with Crippen molar-refractivity contribution in [2.75, 3.05) is 23.8 Å². The number of carbonyl (C=O) groups excluding carboxylic acids is 2. The van der Waals surface area contributed by atoms with Crippen molar-refractivity contribution in [3.63, 3.8) is 0 Å². The minimum Gasteiger partial charge on any atom is -0.484 e. The molecule has 0 unspecified atom stereocenters. The molecule has 6 heteroatoms. The second kappa shape index (κ2) is 8.90. The molecule has 6 nitrogen and oxygen atoms in total. The predicted molar refractivity (Wildman–Crippen MR) is 110 cm³/mol. The third kappa shape index (κ3) is 4.79.